The number of rotatable bonds is 2. The van der Waals surface area contributed by atoms with Crippen LogP contribution in [-0.2, 0) is 9.53 Å². The number of carbonyl (C=O) groups excluding carboxylic acids is 1. The van der Waals surface area contributed by atoms with Crippen LogP contribution in [0.4, 0.5) is 10.1 Å². The highest BCUT2D eigenvalue weighted by atomic mass is 19.1. The Kier molecular flexibility index (Phi) is 4.25. The Morgan fingerprint density at radius 1 is 1.32 bits per heavy atom. The van der Waals surface area contributed by atoms with E-state index < -0.39 is 5.82 Å². The molecule has 0 bridgehead atoms. The number of amides is 1. The number of carbonyl (C=O) groups is 1. The Hall–Kier alpha value is -2.13. The Bertz CT molecular complexity index is 608. The lowest BCUT2D eigenvalue weighted by atomic mass is 10.1. The molecule has 6 heteroatoms. The molecule has 1 amide bonds. The molecule has 2 aliphatic rings. The van der Waals surface area contributed by atoms with Crippen molar-refractivity contribution in [1.29, 1.82) is 5.26 Å². The van der Waals surface area contributed by atoms with Crippen molar-refractivity contribution in [2.24, 2.45) is 0 Å². The molecule has 0 aromatic heterocycles. The number of hydrogen-bond acceptors (Lipinski definition) is 4. The van der Waals surface area contributed by atoms with Crippen molar-refractivity contribution in [3.05, 3.63) is 29.6 Å². The molecule has 116 valence electrons. The van der Waals surface area contributed by atoms with Gasteiger partial charge in [-0.1, -0.05) is 6.07 Å². The van der Waals surface area contributed by atoms with Crippen LogP contribution in [-0.4, -0.2) is 49.7 Å². The Morgan fingerprint density at radius 3 is 2.82 bits per heavy atom. The van der Waals surface area contributed by atoms with Gasteiger partial charge in [0.2, 0.25) is 5.91 Å². The average molecular weight is 303 g/mol. The minimum atomic E-state index is -0.538. The second-order valence-corrected chi connectivity index (χ2v) is 5.53. The summed E-state index contributed by atoms with van der Waals surface area (Å²) in [6.07, 6.45) is 1.60. The van der Waals surface area contributed by atoms with E-state index in [2.05, 4.69) is 0 Å². The van der Waals surface area contributed by atoms with Gasteiger partial charge in [-0.05, 0) is 25.0 Å². The van der Waals surface area contributed by atoms with Crippen LogP contribution in [0.15, 0.2) is 18.2 Å². The van der Waals surface area contributed by atoms with E-state index in [4.69, 9.17) is 4.74 Å². The first-order chi connectivity index (χ1) is 10.7. The fourth-order valence-electron chi connectivity index (χ4n) is 3.17. The quantitative estimate of drug-likeness (QED) is 0.831. The molecule has 0 unspecified atom stereocenters. The van der Waals surface area contributed by atoms with E-state index in [1.54, 1.807) is 17.0 Å². The zero-order valence-corrected chi connectivity index (χ0v) is 12.3. The third kappa shape index (κ3) is 2.64. The standard InChI is InChI=1S/C16H18FN3O2/c17-13-3-1-4-14(12(13)11-18)20-6-2-5-15(20)16(21)19-7-9-22-10-8-19/h1,3-4,15H,2,5-10H2/t15-/m0/s1. The van der Waals surface area contributed by atoms with Crippen molar-refractivity contribution in [2.45, 2.75) is 18.9 Å². The summed E-state index contributed by atoms with van der Waals surface area (Å²) < 4.78 is 19.1. The minimum absolute atomic E-state index is 0.0178. The molecule has 5 nitrogen and oxygen atoms in total. The third-order valence-electron chi connectivity index (χ3n) is 4.27. The smallest absolute Gasteiger partial charge is 0.245 e. The Balaban J connectivity index is 1.86. The van der Waals surface area contributed by atoms with Gasteiger partial charge in [-0.3, -0.25) is 4.79 Å². The van der Waals surface area contributed by atoms with Crippen LogP contribution in [0.1, 0.15) is 18.4 Å². The van der Waals surface area contributed by atoms with Crippen LogP contribution < -0.4 is 4.90 Å². The zero-order valence-electron chi connectivity index (χ0n) is 12.3. The number of hydrogen-bond donors (Lipinski definition) is 0. The van der Waals surface area contributed by atoms with Gasteiger partial charge in [-0.25, -0.2) is 4.39 Å². The molecule has 0 spiro atoms. The van der Waals surface area contributed by atoms with Crippen molar-refractivity contribution in [2.75, 3.05) is 37.7 Å². The van der Waals surface area contributed by atoms with Gasteiger partial charge in [0.05, 0.1) is 18.9 Å². The number of morpholine rings is 1. The van der Waals surface area contributed by atoms with Crippen molar-refractivity contribution in [3.63, 3.8) is 0 Å². The van der Waals surface area contributed by atoms with E-state index >= 15 is 0 Å². The molecular formula is C16H18FN3O2. The first kappa shape index (κ1) is 14.8. The molecule has 0 aliphatic carbocycles. The van der Waals surface area contributed by atoms with E-state index in [-0.39, 0.29) is 17.5 Å². The van der Waals surface area contributed by atoms with Crippen LogP contribution in [0.2, 0.25) is 0 Å². The summed E-state index contributed by atoms with van der Waals surface area (Å²) in [6.45, 7) is 2.97. The van der Waals surface area contributed by atoms with Crippen molar-refractivity contribution in [3.8, 4) is 6.07 Å². The van der Waals surface area contributed by atoms with Gasteiger partial charge >= 0.3 is 0 Å². The van der Waals surface area contributed by atoms with Crippen molar-refractivity contribution in [1.82, 2.24) is 4.90 Å². The van der Waals surface area contributed by atoms with Gasteiger partial charge < -0.3 is 14.5 Å². The fraction of sp³-hybridized carbons (Fsp3) is 0.500. The van der Waals surface area contributed by atoms with Crippen LogP contribution in [0.5, 0.6) is 0 Å². The fourth-order valence-corrected chi connectivity index (χ4v) is 3.17. The Labute approximate surface area is 128 Å². The zero-order chi connectivity index (χ0) is 15.5. The van der Waals surface area contributed by atoms with Gasteiger partial charge in [0, 0.05) is 19.6 Å². The summed E-state index contributed by atoms with van der Waals surface area (Å²) in [4.78, 5) is 16.4. The molecule has 0 N–H and O–H groups in total. The highest BCUT2D eigenvalue weighted by molar-refractivity contribution is 5.86. The topological polar surface area (TPSA) is 56.6 Å². The second-order valence-electron chi connectivity index (χ2n) is 5.53. The second kappa shape index (κ2) is 6.32. The molecule has 22 heavy (non-hydrogen) atoms. The van der Waals surface area contributed by atoms with Gasteiger partial charge in [-0.15, -0.1) is 0 Å². The highest BCUT2D eigenvalue weighted by Gasteiger charge is 2.35. The van der Waals surface area contributed by atoms with Crippen LogP contribution in [0.3, 0.4) is 0 Å². The molecule has 2 saturated heterocycles. The lowest BCUT2D eigenvalue weighted by Crippen LogP contribution is -2.50. The Morgan fingerprint density at radius 2 is 2.09 bits per heavy atom. The van der Waals surface area contributed by atoms with Crippen molar-refractivity contribution < 1.29 is 13.9 Å². The molecule has 1 aromatic rings. The summed E-state index contributed by atoms with van der Waals surface area (Å²) in [5, 5.41) is 9.20. The molecule has 3 rings (SSSR count). The van der Waals surface area contributed by atoms with Gasteiger partial charge in [0.15, 0.2) is 0 Å². The lowest BCUT2D eigenvalue weighted by Gasteiger charge is -2.33. The first-order valence-corrected chi connectivity index (χ1v) is 7.54. The summed E-state index contributed by atoms with van der Waals surface area (Å²) >= 11 is 0. The average Bonchev–Trinajstić information content (AvgIpc) is 3.04. The molecule has 0 radical (unpaired) electrons. The monoisotopic (exact) mass is 303 g/mol. The summed E-state index contributed by atoms with van der Waals surface area (Å²) in [5.74, 6) is -0.488. The number of halogens is 1. The molecule has 2 fully saturated rings. The predicted molar refractivity (Wildman–Crippen MR) is 78.9 cm³/mol. The molecule has 2 aliphatic heterocycles. The first-order valence-electron chi connectivity index (χ1n) is 7.54. The third-order valence-corrected chi connectivity index (χ3v) is 4.27. The molecular weight excluding hydrogens is 285 g/mol. The highest BCUT2D eigenvalue weighted by Crippen LogP contribution is 2.30. The summed E-state index contributed by atoms with van der Waals surface area (Å²) in [5.41, 5.74) is 0.538. The van der Waals surface area contributed by atoms with Gasteiger partial charge in [0.25, 0.3) is 0 Å². The maximum Gasteiger partial charge on any atom is 0.245 e. The van der Waals surface area contributed by atoms with Gasteiger partial charge in [-0.2, -0.15) is 5.26 Å². The minimum Gasteiger partial charge on any atom is -0.378 e. The molecule has 0 saturated carbocycles. The molecule has 1 atom stereocenters. The van der Waals surface area contributed by atoms with E-state index in [0.717, 1.165) is 12.8 Å². The van der Waals surface area contributed by atoms with Crippen LogP contribution >= 0.6 is 0 Å². The molecule has 2 heterocycles. The van der Waals surface area contributed by atoms with Gasteiger partial charge in [0.1, 0.15) is 23.5 Å². The number of anilines is 1. The van der Waals surface area contributed by atoms with E-state index in [0.29, 0.717) is 38.5 Å². The largest absolute Gasteiger partial charge is 0.378 e. The number of benzene rings is 1. The van der Waals surface area contributed by atoms with Crippen LogP contribution in [0.25, 0.3) is 0 Å². The normalized spacial score (nSPS) is 21.7. The number of nitriles is 1. The van der Waals surface area contributed by atoms with E-state index in [1.165, 1.54) is 6.07 Å². The van der Waals surface area contributed by atoms with Crippen molar-refractivity contribution >= 4 is 11.6 Å². The van der Waals surface area contributed by atoms with E-state index in [9.17, 15) is 14.4 Å². The van der Waals surface area contributed by atoms with E-state index in [1.807, 2.05) is 11.0 Å². The van der Waals surface area contributed by atoms with Crippen LogP contribution in [0, 0.1) is 17.1 Å². The lowest BCUT2D eigenvalue weighted by molar-refractivity contribution is -0.136. The SMILES string of the molecule is N#Cc1c(F)cccc1N1CCC[C@H]1C(=O)N1CCOCC1. The number of nitrogens with zero attached hydrogens (tertiary/aromatic N) is 3. The summed E-state index contributed by atoms with van der Waals surface area (Å²) in [7, 11) is 0. The maximum absolute atomic E-state index is 13.8. The summed E-state index contributed by atoms with van der Waals surface area (Å²) in [6, 6.07) is 6.18. The number of ether oxygens (including phenoxy) is 1. The maximum atomic E-state index is 13.8. The predicted octanol–water partition coefficient (Wildman–Crippen LogP) is 1.52. The molecule has 1 aromatic carbocycles.